The van der Waals surface area contributed by atoms with Gasteiger partial charge in [0.15, 0.2) is 0 Å². The normalized spacial score (nSPS) is 31.7. The zero-order valence-corrected chi connectivity index (χ0v) is 22.1. The first-order valence-electron chi connectivity index (χ1n) is 14.5. The van der Waals surface area contributed by atoms with E-state index in [0.29, 0.717) is 44.1 Å². The number of ether oxygens (including phenoxy) is 1. The van der Waals surface area contributed by atoms with E-state index in [2.05, 4.69) is 16.7 Å². The number of halogens is 1. The molecule has 0 radical (unpaired) electrons. The van der Waals surface area contributed by atoms with Crippen LogP contribution in [-0.4, -0.2) is 86.2 Å². The van der Waals surface area contributed by atoms with Gasteiger partial charge < -0.3 is 19.4 Å². The molecule has 4 atom stereocenters. The third-order valence-corrected chi connectivity index (χ3v) is 9.77. The fourth-order valence-electron chi connectivity index (χ4n) is 7.53. The molecule has 0 bridgehead atoms. The van der Waals surface area contributed by atoms with Crippen molar-refractivity contribution in [3.8, 4) is 0 Å². The van der Waals surface area contributed by atoms with E-state index in [-0.39, 0.29) is 35.4 Å². The molecule has 1 aromatic rings. The lowest BCUT2D eigenvalue weighted by Crippen LogP contribution is -2.55. The molecule has 5 heterocycles. The number of hydrogen-bond donors (Lipinski definition) is 0. The van der Waals surface area contributed by atoms with E-state index in [1.165, 1.54) is 19.4 Å². The number of nitrogens with zero attached hydrogens (tertiary/aromatic N) is 4. The van der Waals surface area contributed by atoms with Crippen LogP contribution in [0.1, 0.15) is 51.9 Å². The Morgan fingerprint density at radius 1 is 0.973 bits per heavy atom. The van der Waals surface area contributed by atoms with Crippen LogP contribution in [0.25, 0.3) is 0 Å². The topological polar surface area (TPSA) is 56.3 Å². The molecule has 37 heavy (non-hydrogen) atoms. The van der Waals surface area contributed by atoms with E-state index < -0.39 is 0 Å². The van der Waals surface area contributed by atoms with Gasteiger partial charge in [-0.05, 0) is 82.5 Å². The van der Waals surface area contributed by atoms with E-state index >= 15 is 4.39 Å². The van der Waals surface area contributed by atoms with Gasteiger partial charge in [0.2, 0.25) is 11.8 Å². The van der Waals surface area contributed by atoms with Crippen molar-refractivity contribution in [2.24, 2.45) is 17.8 Å². The molecule has 5 fully saturated rings. The first kappa shape index (κ1) is 25.1. The Kier molecular flexibility index (Phi) is 7.14. The molecule has 5 saturated heterocycles. The van der Waals surface area contributed by atoms with Crippen molar-refractivity contribution in [3.05, 3.63) is 24.0 Å². The quantitative estimate of drug-likeness (QED) is 0.618. The molecule has 8 heteroatoms. The molecule has 0 spiro atoms. The fourth-order valence-corrected chi connectivity index (χ4v) is 7.53. The molecule has 1 aromatic carbocycles. The van der Waals surface area contributed by atoms with E-state index in [9.17, 15) is 9.59 Å². The van der Waals surface area contributed by atoms with Gasteiger partial charge in [0.1, 0.15) is 5.82 Å². The third kappa shape index (κ3) is 4.87. The summed E-state index contributed by atoms with van der Waals surface area (Å²) >= 11 is 0. The van der Waals surface area contributed by atoms with Gasteiger partial charge in [-0.3, -0.25) is 14.5 Å². The Bertz CT molecular complexity index is 1010. The summed E-state index contributed by atoms with van der Waals surface area (Å²) in [5.41, 5.74) is 1.29. The first-order valence-corrected chi connectivity index (χ1v) is 14.5. The van der Waals surface area contributed by atoms with Gasteiger partial charge in [-0.2, -0.15) is 0 Å². The molecule has 0 aromatic heterocycles. The summed E-state index contributed by atoms with van der Waals surface area (Å²) in [6, 6.07) is 6.57. The smallest absolute Gasteiger partial charge is 0.232 e. The van der Waals surface area contributed by atoms with E-state index in [1.807, 2.05) is 11.0 Å². The van der Waals surface area contributed by atoms with Crippen LogP contribution in [0.15, 0.2) is 18.2 Å². The highest BCUT2D eigenvalue weighted by atomic mass is 19.1. The lowest BCUT2D eigenvalue weighted by atomic mass is 9.79. The van der Waals surface area contributed by atoms with Crippen LogP contribution in [-0.2, 0) is 14.3 Å². The maximum absolute atomic E-state index is 15.5. The highest BCUT2D eigenvalue weighted by Crippen LogP contribution is 2.37. The number of carbonyl (C=O) groups is 2. The van der Waals surface area contributed by atoms with Crippen LogP contribution in [0.5, 0.6) is 0 Å². The van der Waals surface area contributed by atoms with Crippen molar-refractivity contribution in [2.75, 3.05) is 62.3 Å². The van der Waals surface area contributed by atoms with E-state index in [0.717, 1.165) is 57.4 Å². The van der Waals surface area contributed by atoms with Crippen LogP contribution in [0.3, 0.4) is 0 Å². The molecule has 0 aliphatic carbocycles. The van der Waals surface area contributed by atoms with Crippen molar-refractivity contribution in [1.29, 1.82) is 0 Å². The van der Waals surface area contributed by atoms with Gasteiger partial charge in [-0.15, -0.1) is 0 Å². The summed E-state index contributed by atoms with van der Waals surface area (Å²) in [7, 11) is 0. The lowest BCUT2D eigenvalue weighted by molar-refractivity contribution is -0.143. The number of anilines is 2. The largest absolute Gasteiger partial charge is 0.381 e. The zero-order chi connectivity index (χ0) is 25.5. The minimum atomic E-state index is -0.326. The molecule has 5 aliphatic heterocycles. The van der Waals surface area contributed by atoms with E-state index in [4.69, 9.17) is 4.74 Å². The standard InChI is InChI=1S/C29H41FN4O3/c1-20-3-2-11-33(20)24-8-13-31(18-24)23-4-5-27(26(30)17-23)34-14-7-21-6-12-32(19-25(21)29(34)36)28(35)22-9-15-37-16-10-22/h4-5,17,20-22,24-25H,2-3,6-16,18-19H2,1H3/t20-,21?,24-,25?/m0/s1. The van der Waals surface area contributed by atoms with Crippen LogP contribution in [0, 0.1) is 23.6 Å². The SMILES string of the molecule is C[C@H]1CCCN1[C@H]1CCN(c2ccc(N3CCC4CCN(C(=O)C5CCOCC5)CC4C3=O)c(F)c2)C1. The number of hydrogen-bond acceptors (Lipinski definition) is 5. The molecule has 202 valence electrons. The van der Waals surface area contributed by atoms with Crippen molar-refractivity contribution in [1.82, 2.24) is 9.80 Å². The van der Waals surface area contributed by atoms with Crippen molar-refractivity contribution in [3.63, 3.8) is 0 Å². The predicted octanol–water partition coefficient (Wildman–Crippen LogP) is 3.52. The molecule has 2 amide bonds. The Labute approximate surface area is 219 Å². The first-order chi connectivity index (χ1) is 18.0. The Hall–Kier alpha value is -2.19. The number of likely N-dealkylation sites (tertiary alicyclic amines) is 2. The van der Waals surface area contributed by atoms with Gasteiger partial charge >= 0.3 is 0 Å². The second kappa shape index (κ2) is 10.5. The van der Waals surface area contributed by atoms with Gasteiger partial charge in [0.05, 0.1) is 11.6 Å². The molecule has 2 unspecified atom stereocenters. The summed E-state index contributed by atoms with van der Waals surface area (Å²) < 4.78 is 20.9. The van der Waals surface area contributed by atoms with Gasteiger partial charge in [0, 0.05) is 69.6 Å². The number of piperidine rings is 2. The minimum absolute atomic E-state index is 0.00366. The number of benzene rings is 1. The number of carbonyl (C=O) groups excluding carboxylic acids is 2. The van der Waals surface area contributed by atoms with Crippen LogP contribution in [0.2, 0.25) is 0 Å². The number of fused-ring (bicyclic) bond motifs is 1. The van der Waals surface area contributed by atoms with Gasteiger partial charge in [-0.25, -0.2) is 4.39 Å². The lowest BCUT2D eigenvalue weighted by Gasteiger charge is -2.45. The highest BCUT2D eigenvalue weighted by molar-refractivity contribution is 5.97. The Morgan fingerprint density at radius 3 is 2.54 bits per heavy atom. The summed E-state index contributed by atoms with van der Waals surface area (Å²) in [5, 5.41) is 0. The minimum Gasteiger partial charge on any atom is -0.381 e. The van der Waals surface area contributed by atoms with Crippen molar-refractivity contribution < 1.29 is 18.7 Å². The van der Waals surface area contributed by atoms with Crippen LogP contribution >= 0.6 is 0 Å². The summed E-state index contributed by atoms with van der Waals surface area (Å²) in [4.78, 5) is 35.2. The molecular formula is C29H41FN4O3. The summed E-state index contributed by atoms with van der Waals surface area (Å²) in [6.07, 6.45) is 6.89. The number of rotatable bonds is 4. The Morgan fingerprint density at radius 2 is 1.78 bits per heavy atom. The molecule has 6 rings (SSSR count). The average Bonchev–Trinajstić information content (AvgIpc) is 3.58. The highest BCUT2D eigenvalue weighted by Gasteiger charge is 2.43. The molecule has 7 nitrogen and oxygen atoms in total. The molecular weight excluding hydrogens is 471 g/mol. The Balaban J connectivity index is 1.12. The third-order valence-electron chi connectivity index (χ3n) is 9.77. The van der Waals surface area contributed by atoms with Crippen molar-refractivity contribution >= 4 is 23.2 Å². The second-order valence-corrected chi connectivity index (χ2v) is 11.9. The number of amides is 2. The maximum atomic E-state index is 15.5. The maximum Gasteiger partial charge on any atom is 0.232 e. The average molecular weight is 513 g/mol. The second-order valence-electron chi connectivity index (χ2n) is 11.9. The van der Waals surface area contributed by atoms with Crippen LogP contribution in [0.4, 0.5) is 15.8 Å². The zero-order valence-electron chi connectivity index (χ0n) is 22.1. The molecule has 0 N–H and O–H groups in total. The molecule has 5 aliphatic rings. The summed E-state index contributed by atoms with van der Waals surface area (Å²) in [6.45, 7) is 8.36. The fraction of sp³-hybridized carbons (Fsp3) is 0.724. The van der Waals surface area contributed by atoms with Crippen molar-refractivity contribution in [2.45, 2.75) is 64.0 Å². The van der Waals surface area contributed by atoms with Gasteiger partial charge in [-0.1, -0.05) is 0 Å². The monoisotopic (exact) mass is 512 g/mol. The van der Waals surface area contributed by atoms with Crippen LogP contribution < -0.4 is 9.80 Å². The van der Waals surface area contributed by atoms with E-state index in [1.54, 1.807) is 17.0 Å². The summed E-state index contributed by atoms with van der Waals surface area (Å²) in [5.74, 6) is -0.158. The predicted molar refractivity (Wildman–Crippen MR) is 141 cm³/mol. The van der Waals surface area contributed by atoms with Gasteiger partial charge in [0.25, 0.3) is 0 Å². The molecule has 0 saturated carbocycles.